The molecule has 0 atom stereocenters. The van der Waals surface area contributed by atoms with Crippen molar-refractivity contribution in [3.63, 3.8) is 0 Å². The standard InChI is InChI=1S/C29H26N2O8S/c1-4-37-28(33)26-18(3)27(29(34)38-5-2)40-25(26)15-24(32)21(16-30)13-20-7-6-8-23(14-20)39-17-19-9-11-22(12-10-19)31(35)36/h6-14H,4-5,15,17H2,1-3H3/b21-13+. The Labute approximate surface area is 234 Å². The maximum Gasteiger partial charge on any atom is 0.348 e. The summed E-state index contributed by atoms with van der Waals surface area (Å²) in [5.74, 6) is -1.33. The summed E-state index contributed by atoms with van der Waals surface area (Å²) in [4.78, 5) is 49.0. The molecule has 10 nitrogen and oxygen atoms in total. The molecule has 1 heterocycles. The van der Waals surface area contributed by atoms with E-state index < -0.39 is 22.6 Å². The SMILES string of the molecule is CCOC(=O)c1sc(CC(=O)/C(C#N)=C/c2cccc(OCc3ccc([N+](=O)[O-])cc3)c2)c(C(=O)OCC)c1C. The van der Waals surface area contributed by atoms with Gasteiger partial charge in [0, 0.05) is 23.4 Å². The Morgan fingerprint density at radius 1 is 1.05 bits per heavy atom. The zero-order valence-electron chi connectivity index (χ0n) is 22.1. The largest absolute Gasteiger partial charge is 0.489 e. The molecule has 0 N–H and O–H groups in total. The van der Waals surface area contributed by atoms with E-state index in [4.69, 9.17) is 14.2 Å². The number of non-ortho nitro benzene ring substituents is 1. The summed E-state index contributed by atoms with van der Waals surface area (Å²) in [5.41, 5.74) is 1.59. The predicted octanol–water partition coefficient (Wildman–Crippen LogP) is 5.62. The molecule has 0 radical (unpaired) electrons. The van der Waals surface area contributed by atoms with E-state index in [1.54, 1.807) is 57.2 Å². The lowest BCUT2D eigenvalue weighted by Crippen LogP contribution is -2.12. The number of thiophene rings is 1. The van der Waals surface area contributed by atoms with Crippen molar-refractivity contribution in [3.8, 4) is 11.8 Å². The van der Waals surface area contributed by atoms with Gasteiger partial charge in [0.25, 0.3) is 5.69 Å². The van der Waals surface area contributed by atoms with Crippen molar-refractivity contribution in [2.24, 2.45) is 0 Å². The average molecular weight is 563 g/mol. The van der Waals surface area contributed by atoms with Gasteiger partial charge in [-0.1, -0.05) is 12.1 Å². The highest BCUT2D eigenvalue weighted by molar-refractivity contribution is 7.14. The number of allylic oxidation sites excluding steroid dienone is 1. The van der Waals surface area contributed by atoms with Crippen LogP contribution in [0.15, 0.2) is 54.1 Å². The normalized spacial score (nSPS) is 10.9. The number of esters is 2. The number of rotatable bonds is 12. The average Bonchev–Trinajstić information content (AvgIpc) is 3.26. The second-order valence-corrected chi connectivity index (χ2v) is 9.45. The third-order valence-electron chi connectivity index (χ3n) is 5.62. The van der Waals surface area contributed by atoms with E-state index in [0.717, 1.165) is 16.9 Å². The number of nitrogens with zero attached hydrogens (tertiary/aromatic N) is 2. The number of ether oxygens (including phenoxy) is 3. The highest BCUT2D eigenvalue weighted by atomic mass is 32.1. The van der Waals surface area contributed by atoms with Crippen molar-refractivity contribution in [1.82, 2.24) is 0 Å². The van der Waals surface area contributed by atoms with Gasteiger partial charge in [0.05, 0.1) is 29.3 Å². The lowest BCUT2D eigenvalue weighted by Gasteiger charge is -2.07. The maximum atomic E-state index is 13.1. The van der Waals surface area contributed by atoms with Gasteiger partial charge in [0.15, 0.2) is 5.78 Å². The minimum atomic E-state index is -0.657. The van der Waals surface area contributed by atoms with Gasteiger partial charge in [-0.25, -0.2) is 9.59 Å². The second-order valence-electron chi connectivity index (χ2n) is 8.35. The van der Waals surface area contributed by atoms with Gasteiger partial charge in [-0.2, -0.15) is 5.26 Å². The summed E-state index contributed by atoms with van der Waals surface area (Å²) < 4.78 is 16.0. The molecular weight excluding hydrogens is 536 g/mol. The van der Waals surface area contributed by atoms with Crippen LogP contribution >= 0.6 is 11.3 Å². The highest BCUT2D eigenvalue weighted by Gasteiger charge is 2.28. The maximum absolute atomic E-state index is 13.1. The molecule has 0 spiro atoms. The number of ketones is 1. The summed E-state index contributed by atoms with van der Waals surface area (Å²) in [6.45, 7) is 5.33. The minimum absolute atomic E-state index is 0.0196. The van der Waals surface area contributed by atoms with Crippen LogP contribution in [0.1, 0.15) is 55.4 Å². The molecule has 0 aliphatic rings. The smallest absolute Gasteiger partial charge is 0.348 e. The molecule has 11 heteroatoms. The van der Waals surface area contributed by atoms with E-state index in [9.17, 15) is 29.8 Å². The fourth-order valence-electron chi connectivity index (χ4n) is 3.72. The summed E-state index contributed by atoms with van der Waals surface area (Å²) >= 11 is 0.970. The molecule has 0 saturated heterocycles. The van der Waals surface area contributed by atoms with Crippen molar-refractivity contribution in [3.05, 3.63) is 96.2 Å². The molecule has 0 aliphatic carbocycles. The van der Waals surface area contributed by atoms with E-state index in [1.165, 1.54) is 18.2 Å². The number of nitro groups is 1. The lowest BCUT2D eigenvalue weighted by atomic mass is 10.0. The van der Waals surface area contributed by atoms with E-state index in [0.29, 0.717) is 21.8 Å². The summed E-state index contributed by atoms with van der Waals surface area (Å²) in [6.07, 6.45) is 1.13. The van der Waals surface area contributed by atoms with Crippen LogP contribution in [0.3, 0.4) is 0 Å². The van der Waals surface area contributed by atoms with Crippen LogP contribution in [0, 0.1) is 28.4 Å². The van der Waals surface area contributed by atoms with Crippen LogP contribution in [0.25, 0.3) is 6.08 Å². The molecule has 0 amide bonds. The highest BCUT2D eigenvalue weighted by Crippen LogP contribution is 2.31. The fourth-order valence-corrected chi connectivity index (χ4v) is 4.90. The first-order valence-corrected chi connectivity index (χ1v) is 13.1. The van der Waals surface area contributed by atoms with Crippen LogP contribution in [0.5, 0.6) is 5.75 Å². The van der Waals surface area contributed by atoms with Crippen LogP contribution in [-0.4, -0.2) is 35.9 Å². The zero-order chi connectivity index (χ0) is 29.2. The Morgan fingerprint density at radius 3 is 2.35 bits per heavy atom. The second kappa shape index (κ2) is 13.8. The van der Waals surface area contributed by atoms with Crippen LogP contribution in [-0.2, 0) is 27.3 Å². The molecule has 0 fully saturated rings. The Morgan fingerprint density at radius 2 is 1.73 bits per heavy atom. The lowest BCUT2D eigenvalue weighted by molar-refractivity contribution is -0.384. The van der Waals surface area contributed by atoms with Crippen molar-refractivity contribution in [1.29, 1.82) is 5.26 Å². The molecule has 0 saturated carbocycles. The first-order valence-electron chi connectivity index (χ1n) is 12.3. The van der Waals surface area contributed by atoms with Crippen molar-refractivity contribution >= 4 is 40.8 Å². The van der Waals surface area contributed by atoms with Gasteiger partial charge in [-0.05, 0) is 67.8 Å². The zero-order valence-corrected chi connectivity index (χ0v) is 22.9. The molecule has 1 aromatic heterocycles. The Balaban J connectivity index is 1.81. The Kier molecular flexibility index (Phi) is 10.3. The molecule has 40 heavy (non-hydrogen) atoms. The van der Waals surface area contributed by atoms with Crippen molar-refractivity contribution in [2.45, 2.75) is 33.8 Å². The summed E-state index contributed by atoms with van der Waals surface area (Å²) in [7, 11) is 0. The van der Waals surface area contributed by atoms with Gasteiger partial charge in [0.1, 0.15) is 23.3 Å². The predicted molar refractivity (Wildman–Crippen MR) is 147 cm³/mol. The van der Waals surface area contributed by atoms with Gasteiger partial charge in [-0.3, -0.25) is 14.9 Å². The van der Waals surface area contributed by atoms with Crippen molar-refractivity contribution in [2.75, 3.05) is 13.2 Å². The van der Waals surface area contributed by atoms with Gasteiger partial charge < -0.3 is 14.2 Å². The summed E-state index contributed by atoms with van der Waals surface area (Å²) in [6, 6.07) is 14.6. The number of carbonyl (C=O) groups is 3. The topological polar surface area (TPSA) is 146 Å². The number of Topliss-reactive ketones (excluding diaryl/α,β-unsaturated/α-hetero) is 1. The molecule has 0 aliphatic heterocycles. The first-order chi connectivity index (χ1) is 19.2. The monoisotopic (exact) mass is 562 g/mol. The fraction of sp³-hybridized carbons (Fsp3) is 0.241. The third-order valence-corrected chi connectivity index (χ3v) is 6.90. The molecule has 0 unspecified atom stereocenters. The molecular formula is C29H26N2O8S. The van der Waals surface area contributed by atoms with E-state index in [2.05, 4.69) is 0 Å². The molecule has 3 rings (SSSR count). The molecule has 2 aromatic carbocycles. The van der Waals surface area contributed by atoms with Crippen molar-refractivity contribution < 1.29 is 33.5 Å². The van der Waals surface area contributed by atoms with Crippen LogP contribution in [0.2, 0.25) is 0 Å². The van der Waals surface area contributed by atoms with Crippen LogP contribution in [0.4, 0.5) is 5.69 Å². The van der Waals surface area contributed by atoms with Gasteiger partial charge >= 0.3 is 11.9 Å². The number of carbonyl (C=O) groups excluding carboxylic acids is 3. The van der Waals surface area contributed by atoms with E-state index in [1.807, 2.05) is 6.07 Å². The molecule has 3 aromatic rings. The number of nitriles is 1. The Bertz CT molecular complexity index is 1500. The summed E-state index contributed by atoms with van der Waals surface area (Å²) in [5, 5.41) is 20.5. The van der Waals surface area contributed by atoms with Gasteiger partial charge in [-0.15, -0.1) is 11.3 Å². The van der Waals surface area contributed by atoms with Crippen LogP contribution < -0.4 is 4.74 Å². The quantitative estimate of drug-likeness (QED) is 0.0902. The molecule has 206 valence electrons. The van der Waals surface area contributed by atoms with Gasteiger partial charge in [0.2, 0.25) is 0 Å². The minimum Gasteiger partial charge on any atom is -0.489 e. The Hall–Kier alpha value is -4.82. The first kappa shape index (κ1) is 29.7. The number of hydrogen-bond acceptors (Lipinski definition) is 10. The number of nitro benzene ring substituents is 1. The third kappa shape index (κ3) is 7.39. The number of benzene rings is 2. The van der Waals surface area contributed by atoms with E-state index in [-0.39, 0.29) is 47.9 Å². The molecule has 0 bridgehead atoms. The van der Waals surface area contributed by atoms with E-state index >= 15 is 0 Å². The number of hydrogen-bond donors (Lipinski definition) is 0.